The lowest BCUT2D eigenvalue weighted by Gasteiger charge is -2.08. The lowest BCUT2D eigenvalue weighted by Crippen LogP contribution is -2.39. The molecule has 4 nitrogen and oxygen atoms in total. The molecule has 0 fully saturated rings. The van der Waals surface area contributed by atoms with E-state index < -0.39 is 11.8 Å². The van der Waals surface area contributed by atoms with Crippen LogP contribution in [0, 0.1) is 6.92 Å². The number of carbonyl (C=O) groups is 2. The highest BCUT2D eigenvalue weighted by Crippen LogP contribution is 2.08. The highest BCUT2D eigenvalue weighted by atomic mass is 16.2. The summed E-state index contributed by atoms with van der Waals surface area (Å²) < 4.78 is 0. The second-order valence-electron chi connectivity index (χ2n) is 3.95. The van der Waals surface area contributed by atoms with Gasteiger partial charge in [-0.15, -0.1) is 0 Å². The molecule has 0 saturated heterocycles. The fourth-order valence-corrected chi connectivity index (χ4v) is 1.15. The monoisotopic (exact) mass is 220 g/mol. The molecular weight excluding hydrogens is 204 g/mol. The maximum atomic E-state index is 11.4. The highest BCUT2D eigenvalue weighted by Gasteiger charge is 2.13. The first-order chi connectivity index (χ1) is 7.49. The van der Waals surface area contributed by atoms with Gasteiger partial charge in [-0.1, -0.05) is 17.7 Å². The van der Waals surface area contributed by atoms with Gasteiger partial charge >= 0.3 is 11.8 Å². The Balaban J connectivity index is 2.57. The largest absolute Gasteiger partial charge is 0.346 e. The van der Waals surface area contributed by atoms with E-state index in [1.54, 1.807) is 26.0 Å². The Morgan fingerprint density at radius 2 is 1.62 bits per heavy atom. The van der Waals surface area contributed by atoms with Gasteiger partial charge in [-0.05, 0) is 32.9 Å². The SMILES string of the molecule is Cc1ccc(NC(=O)C(=O)NC(C)C)cc1. The topological polar surface area (TPSA) is 58.2 Å². The minimum atomic E-state index is -0.641. The van der Waals surface area contributed by atoms with E-state index >= 15 is 0 Å². The summed E-state index contributed by atoms with van der Waals surface area (Å²) in [6, 6.07) is 7.22. The number of hydrogen-bond acceptors (Lipinski definition) is 2. The summed E-state index contributed by atoms with van der Waals surface area (Å²) in [7, 11) is 0. The predicted octanol–water partition coefficient (Wildman–Crippen LogP) is 1.46. The van der Waals surface area contributed by atoms with Crippen LogP contribution in [-0.2, 0) is 9.59 Å². The molecular formula is C12H16N2O2. The second kappa shape index (κ2) is 5.30. The van der Waals surface area contributed by atoms with E-state index in [4.69, 9.17) is 0 Å². The number of aryl methyl sites for hydroxylation is 1. The van der Waals surface area contributed by atoms with Crippen molar-refractivity contribution in [1.82, 2.24) is 5.32 Å². The number of rotatable bonds is 2. The number of anilines is 1. The molecule has 1 aromatic carbocycles. The maximum Gasteiger partial charge on any atom is 0.313 e. The van der Waals surface area contributed by atoms with Crippen LogP contribution in [0.25, 0.3) is 0 Å². The molecule has 0 atom stereocenters. The zero-order valence-electron chi connectivity index (χ0n) is 9.70. The van der Waals surface area contributed by atoms with Crippen molar-refractivity contribution in [3.8, 4) is 0 Å². The third-order valence-electron chi connectivity index (χ3n) is 1.94. The van der Waals surface area contributed by atoms with E-state index in [-0.39, 0.29) is 6.04 Å². The average Bonchev–Trinajstić information content (AvgIpc) is 2.20. The van der Waals surface area contributed by atoms with Crippen LogP contribution in [0.2, 0.25) is 0 Å². The van der Waals surface area contributed by atoms with E-state index in [0.29, 0.717) is 5.69 Å². The first-order valence-corrected chi connectivity index (χ1v) is 5.17. The summed E-state index contributed by atoms with van der Waals surface area (Å²) >= 11 is 0. The Bertz CT molecular complexity index is 383. The smallest absolute Gasteiger partial charge is 0.313 e. The molecule has 0 spiro atoms. The fraction of sp³-hybridized carbons (Fsp3) is 0.333. The van der Waals surface area contributed by atoms with Gasteiger partial charge in [-0.2, -0.15) is 0 Å². The molecule has 86 valence electrons. The number of benzene rings is 1. The molecule has 2 amide bonds. The zero-order chi connectivity index (χ0) is 12.1. The number of hydrogen-bond donors (Lipinski definition) is 2. The Labute approximate surface area is 95.0 Å². The van der Waals surface area contributed by atoms with Crippen molar-refractivity contribution in [2.75, 3.05) is 5.32 Å². The molecule has 0 heterocycles. The minimum Gasteiger partial charge on any atom is -0.346 e. The first-order valence-electron chi connectivity index (χ1n) is 5.17. The van der Waals surface area contributed by atoms with Gasteiger partial charge in [0, 0.05) is 11.7 Å². The van der Waals surface area contributed by atoms with E-state index in [9.17, 15) is 9.59 Å². The van der Waals surface area contributed by atoms with Crippen LogP contribution in [-0.4, -0.2) is 17.9 Å². The van der Waals surface area contributed by atoms with Gasteiger partial charge in [-0.25, -0.2) is 0 Å². The van der Waals surface area contributed by atoms with Crippen molar-refractivity contribution in [2.45, 2.75) is 26.8 Å². The van der Waals surface area contributed by atoms with E-state index in [1.165, 1.54) is 0 Å². The van der Waals surface area contributed by atoms with Gasteiger partial charge in [0.1, 0.15) is 0 Å². The number of amides is 2. The fourth-order valence-electron chi connectivity index (χ4n) is 1.15. The molecule has 0 bridgehead atoms. The van der Waals surface area contributed by atoms with Crippen molar-refractivity contribution in [3.63, 3.8) is 0 Å². The Morgan fingerprint density at radius 3 is 2.12 bits per heavy atom. The third kappa shape index (κ3) is 3.73. The van der Waals surface area contributed by atoms with Gasteiger partial charge in [0.2, 0.25) is 0 Å². The van der Waals surface area contributed by atoms with Gasteiger partial charge in [0.25, 0.3) is 0 Å². The molecule has 0 radical (unpaired) electrons. The van der Waals surface area contributed by atoms with Crippen LogP contribution >= 0.6 is 0 Å². The minimum absolute atomic E-state index is 0.0451. The van der Waals surface area contributed by atoms with Gasteiger partial charge in [0.15, 0.2) is 0 Å². The zero-order valence-corrected chi connectivity index (χ0v) is 9.70. The summed E-state index contributed by atoms with van der Waals surface area (Å²) in [6.07, 6.45) is 0. The lowest BCUT2D eigenvalue weighted by molar-refractivity contribution is -0.136. The van der Waals surface area contributed by atoms with Crippen LogP contribution in [0.4, 0.5) is 5.69 Å². The molecule has 0 aromatic heterocycles. The molecule has 0 aliphatic heterocycles. The Hall–Kier alpha value is -1.84. The standard InChI is InChI=1S/C12H16N2O2/c1-8(2)13-11(15)12(16)14-10-6-4-9(3)5-7-10/h4-8H,1-3H3,(H,13,15)(H,14,16). The Morgan fingerprint density at radius 1 is 1.06 bits per heavy atom. The van der Waals surface area contributed by atoms with Gasteiger partial charge < -0.3 is 10.6 Å². The molecule has 0 unspecified atom stereocenters. The van der Waals surface area contributed by atoms with E-state index in [0.717, 1.165) is 5.56 Å². The third-order valence-corrected chi connectivity index (χ3v) is 1.94. The van der Waals surface area contributed by atoms with Crippen LogP contribution in [0.5, 0.6) is 0 Å². The molecule has 4 heteroatoms. The van der Waals surface area contributed by atoms with Crippen LogP contribution in [0.3, 0.4) is 0 Å². The molecule has 16 heavy (non-hydrogen) atoms. The summed E-state index contributed by atoms with van der Waals surface area (Å²) in [5, 5.41) is 5.05. The first kappa shape index (κ1) is 12.2. The lowest BCUT2D eigenvalue weighted by atomic mass is 10.2. The number of nitrogens with one attached hydrogen (secondary N) is 2. The van der Waals surface area contributed by atoms with Gasteiger partial charge in [-0.3, -0.25) is 9.59 Å². The van der Waals surface area contributed by atoms with E-state index in [2.05, 4.69) is 10.6 Å². The van der Waals surface area contributed by atoms with Crippen molar-refractivity contribution >= 4 is 17.5 Å². The van der Waals surface area contributed by atoms with Crippen molar-refractivity contribution in [3.05, 3.63) is 29.8 Å². The maximum absolute atomic E-state index is 11.4. The molecule has 0 saturated carbocycles. The normalized spacial score (nSPS) is 10.0. The molecule has 1 rings (SSSR count). The summed E-state index contributed by atoms with van der Waals surface area (Å²) in [6.45, 7) is 5.56. The molecule has 1 aromatic rings. The van der Waals surface area contributed by atoms with E-state index in [1.807, 2.05) is 19.1 Å². The van der Waals surface area contributed by atoms with Crippen LogP contribution < -0.4 is 10.6 Å². The second-order valence-corrected chi connectivity index (χ2v) is 3.95. The number of carbonyl (C=O) groups excluding carboxylic acids is 2. The predicted molar refractivity (Wildman–Crippen MR) is 63.1 cm³/mol. The van der Waals surface area contributed by atoms with Crippen molar-refractivity contribution < 1.29 is 9.59 Å². The molecule has 2 N–H and O–H groups in total. The summed E-state index contributed by atoms with van der Waals surface area (Å²) in [4.78, 5) is 22.7. The highest BCUT2D eigenvalue weighted by molar-refractivity contribution is 6.39. The quantitative estimate of drug-likeness (QED) is 0.741. The molecule has 0 aliphatic rings. The summed E-state index contributed by atoms with van der Waals surface area (Å²) in [5.41, 5.74) is 1.72. The Kier molecular flexibility index (Phi) is 4.05. The van der Waals surface area contributed by atoms with Crippen molar-refractivity contribution in [2.24, 2.45) is 0 Å². The van der Waals surface area contributed by atoms with Crippen LogP contribution in [0.15, 0.2) is 24.3 Å². The van der Waals surface area contributed by atoms with Crippen molar-refractivity contribution in [1.29, 1.82) is 0 Å². The summed E-state index contributed by atoms with van der Waals surface area (Å²) in [5.74, 6) is -1.26. The molecule has 0 aliphatic carbocycles. The van der Waals surface area contributed by atoms with Gasteiger partial charge in [0.05, 0.1) is 0 Å². The van der Waals surface area contributed by atoms with Crippen LogP contribution in [0.1, 0.15) is 19.4 Å². The average molecular weight is 220 g/mol.